The Bertz CT molecular complexity index is 112. The van der Waals surface area contributed by atoms with Crippen LogP contribution < -0.4 is 30.1 Å². The summed E-state index contributed by atoms with van der Waals surface area (Å²) >= 11 is 0. The second-order valence-electron chi connectivity index (χ2n) is 2.30. The zero-order chi connectivity index (χ0) is 7.98. The molecule has 0 aliphatic rings. The van der Waals surface area contributed by atoms with Crippen molar-refractivity contribution in [3.05, 3.63) is 0 Å². The average molecular weight is 217 g/mol. The standard InChI is InChI=1S/C7H15NO2.2ClH/c1-4-6(3)8-7(9)10-5-2;;/h6H,4-5H2,1-3H3,(H,8,9);2*1H/p-1. The largest absolute Gasteiger partial charge is 1.00 e. The number of carbonyl (C=O) groups is 1. The lowest BCUT2D eigenvalue weighted by atomic mass is 10.3. The average Bonchev–Trinajstić information content (AvgIpc) is 1.88. The smallest absolute Gasteiger partial charge is 0.512 e. The number of carbonyl (C=O) groups excluding carboxylic acids is 1. The van der Waals surface area contributed by atoms with Crippen molar-refractivity contribution in [1.82, 2.24) is 0 Å². The Labute approximate surface area is 86.1 Å². The Morgan fingerprint density at radius 2 is 1.92 bits per heavy atom. The van der Waals surface area contributed by atoms with E-state index in [1.807, 2.05) is 20.8 Å². The lowest BCUT2D eigenvalue weighted by Crippen LogP contribution is -3.00. The maximum absolute atomic E-state index is 10.7. The van der Waals surface area contributed by atoms with E-state index in [1.165, 1.54) is 0 Å². The van der Waals surface area contributed by atoms with Crippen LogP contribution in [-0.2, 0) is 4.74 Å². The first-order chi connectivity index (χ1) is 4.70. The third-order valence-electron chi connectivity index (χ3n) is 1.35. The third-order valence-corrected chi connectivity index (χ3v) is 1.35. The van der Waals surface area contributed by atoms with E-state index < -0.39 is 0 Å². The van der Waals surface area contributed by atoms with Crippen LogP contribution in [-0.4, -0.2) is 18.7 Å². The minimum Gasteiger partial charge on any atom is -1.00 e. The molecule has 1 atom stereocenters. The van der Waals surface area contributed by atoms with E-state index in [-0.39, 0.29) is 30.9 Å². The minimum absolute atomic E-state index is 0. The second-order valence-corrected chi connectivity index (χ2v) is 2.30. The molecule has 12 heavy (non-hydrogen) atoms. The number of amides is 1. The number of hydrogen-bond donors (Lipinski definition) is 1. The Hall–Kier alpha value is 0.01000. The van der Waals surface area contributed by atoms with Crippen LogP contribution >= 0.6 is 0 Å². The van der Waals surface area contributed by atoms with E-state index >= 15 is 0 Å². The summed E-state index contributed by atoms with van der Waals surface area (Å²) in [5.41, 5.74) is 0. The summed E-state index contributed by atoms with van der Waals surface area (Å²) in [4.78, 5) is 10.7. The molecule has 0 aromatic heterocycles. The molecule has 0 aliphatic carbocycles. The topological polar surface area (TPSA) is 42.9 Å². The predicted molar refractivity (Wildman–Crippen MR) is 38.7 cm³/mol. The Morgan fingerprint density at radius 1 is 1.42 bits per heavy atom. The highest BCUT2D eigenvalue weighted by Crippen LogP contribution is 1.79. The second kappa shape index (κ2) is 11.0. The minimum atomic E-state index is -0.197. The van der Waals surface area contributed by atoms with Crippen LogP contribution in [0.5, 0.6) is 0 Å². The molecule has 0 saturated heterocycles. The van der Waals surface area contributed by atoms with Crippen molar-refractivity contribution >= 4 is 6.09 Å². The molecule has 0 bridgehead atoms. The van der Waals surface area contributed by atoms with Gasteiger partial charge >= 0.3 is 6.09 Å². The number of hydrogen-bond acceptors (Lipinski definition) is 2. The molecule has 0 rings (SSSR count). The monoisotopic (exact) mass is 216 g/mol. The summed E-state index contributed by atoms with van der Waals surface area (Å²) in [6.07, 6.45) is 0.788. The SMILES string of the molecule is CCOC(=O)[NH2+]C(C)CC.[Cl-].[Cl-]. The Balaban J connectivity index is -0.000000405. The lowest BCUT2D eigenvalue weighted by molar-refractivity contribution is -0.604. The van der Waals surface area contributed by atoms with Crippen LogP contribution in [0.25, 0.3) is 0 Å². The molecule has 3 nitrogen and oxygen atoms in total. The Kier molecular flexibility index (Phi) is 16.5. The summed E-state index contributed by atoms with van der Waals surface area (Å²) in [6, 6.07) is 0.332. The van der Waals surface area contributed by atoms with Gasteiger partial charge in [-0.1, -0.05) is 6.92 Å². The number of rotatable bonds is 3. The molecule has 0 saturated carbocycles. The highest BCUT2D eigenvalue weighted by molar-refractivity contribution is 5.55. The molecule has 0 fully saturated rings. The normalized spacial score (nSPS) is 10.6. The first-order valence-corrected chi connectivity index (χ1v) is 3.72. The Morgan fingerprint density at radius 3 is 2.25 bits per heavy atom. The van der Waals surface area contributed by atoms with Gasteiger partial charge in [0.2, 0.25) is 0 Å². The molecule has 0 aromatic rings. The maximum atomic E-state index is 10.7. The van der Waals surface area contributed by atoms with Crippen LogP contribution in [0.3, 0.4) is 0 Å². The van der Waals surface area contributed by atoms with Crippen LogP contribution in [0.2, 0.25) is 0 Å². The van der Waals surface area contributed by atoms with E-state index in [0.29, 0.717) is 12.6 Å². The van der Waals surface area contributed by atoms with Crippen LogP contribution in [0.1, 0.15) is 27.2 Å². The number of halogens is 2. The van der Waals surface area contributed by atoms with Gasteiger partial charge in [-0.25, -0.2) is 5.32 Å². The molecule has 2 N–H and O–H groups in total. The highest BCUT2D eigenvalue weighted by Gasteiger charge is 2.09. The van der Waals surface area contributed by atoms with Gasteiger partial charge in [-0.05, 0) is 20.3 Å². The number of quaternary nitrogens is 1. The maximum Gasteiger partial charge on any atom is 0.512 e. The molecule has 5 heteroatoms. The van der Waals surface area contributed by atoms with Crippen molar-refractivity contribution < 1.29 is 39.7 Å². The summed E-state index contributed by atoms with van der Waals surface area (Å²) in [7, 11) is 0. The molecule has 0 aromatic carbocycles. The fraction of sp³-hybridized carbons (Fsp3) is 0.857. The first-order valence-electron chi connectivity index (χ1n) is 3.72. The van der Waals surface area contributed by atoms with E-state index in [0.717, 1.165) is 6.42 Å². The van der Waals surface area contributed by atoms with Crippen molar-refractivity contribution in [3.8, 4) is 0 Å². The van der Waals surface area contributed by atoms with Gasteiger partial charge in [-0.15, -0.1) is 0 Å². The highest BCUT2D eigenvalue weighted by atomic mass is 35.5. The van der Waals surface area contributed by atoms with Crippen LogP contribution in [0.4, 0.5) is 4.79 Å². The van der Waals surface area contributed by atoms with E-state index in [4.69, 9.17) is 4.74 Å². The first kappa shape index (κ1) is 17.9. The fourth-order valence-electron chi connectivity index (χ4n) is 0.541. The molecule has 0 aliphatic heterocycles. The molecule has 1 amide bonds. The summed E-state index contributed by atoms with van der Waals surface area (Å²) in [5, 5.41) is 1.61. The van der Waals surface area contributed by atoms with E-state index in [9.17, 15) is 4.79 Å². The number of ether oxygens (including phenoxy) is 1. The van der Waals surface area contributed by atoms with Gasteiger partial charge in [0, 0.05) is 0 Å². The molecular weight excluding hydrogens is 201 g/mol. The van der Waals surface area contributed by atoms with Gasteiger partial charge in [0.1, 0.15) is 0 Å². The van der Waals surface area contributed by atoms with Gasteiger partial charge in [0.15, 0.2) is 0 Å². The van der Waals surface area contributed by atoms with Crippen molar-refractivity contribution in [2.75, 3.05) is 6.61 Å². The van der Waals surface area contributed by atoms with Crippen molar-refractivity contribution in [3.63, 3.8) is 0 Å². The van der Waals surface area contributed by atoms with Crippen LogP contribution in [0, 0.1) is 0 Å². The van der Waals surface area contributed by atoms with E-state index in [2.05, 4.69) is 0 Å². The summed E-state index contributed by atoms with van der Waals surface area (Å²) < 4.78 is 4.72. The predicted octanol–water partition coefficient (Wildman–Crippen LogP) is -5.49. The van der Waals surface area contributed by atoms with Crippen molar-refractivity contribution in [1.29, 1.82) is 0 Å². The zero-order valence-electron chi connectivity index (χ0n) is 7.64. The number of nitrogens with two attached hydrogens (primary N) is 1. The van der Waals surface area contributed by atoms with E-state index in [1.54, 1.807) is 5.32 Å². The molecule has 0 heterocycles. The quantitative estimate of drug-likeness (QED) is 0.512. The molecule has 0 spiro atoms. The summed E-state index contributed by atoms with van der Waals surface area (Å²) in [6.45, 7) is 6.31. The van der Waals surface area contributed by atoms with Gasteiger partial charge in [-0.2, -0.15) is 4.79 Å². The lowest BCUT2D eigenvalue weighted by Gasteiger charge is -2.04. The fourth-order valence-corrected chi connectivity index (χ4v) is 0.541. The molecule has 0 radical (unpaired) electrons. The van der Waals surface area contributed by atoms with Gasteiger partial charge < -0.3 is 29.6 Å². The zero-order valence-corrected chi connectivity index (χ0v) is 9.15. The molecule has 76 valence electrons. The van der Waals surface area contributed by atoms with Gasteiger partial charge in [0.25, 0.3) is 0 Å². The summed E-state index contributed by atoms with van der Waals surface area (Å²) in [5.74, 6) is 0. The molecule has 1 unspecified atom stereocenters. The van der Waals surface area contributed by atoms with Gasteiger partial charge in [-0.3, -0.25) is 0 Å². The van der Waals surface area contributed by atoms with Crippen molar-refractivity contribution in [2.24, 2.45) is 0 Å². The third kappa shape index (κ3) is 10.0. The van der Waals surface area contributed by atoms with Crippen molar-refractivity contribution in [2.45, 2.75) is 33.2 Å². The number of primary amides is 1. The van der Waals surface area contributed by atoms with Gasteiger partial charge in [0.05, 0.1) is 12.6 Å². The molecular formula is C7H16Cl2NO2-. The van der Waals surface area contributed by atoms with Crippen LogP contribution in [0.15, 0.2) is 0 Å².